The fourth-order valence-corrected chi connectivity index (χ4v) is 6.01. The molecule has 1 saturated carbocycles. The summed E-state index contributed by atoms with van der Waals surface area (Å²) in [5.74, 6) is 1.99. The highest BCUT2D eigenvalue weighted by molar-refractivity contribution is 5.65. The van der Waals surface area contributed by atoms with Crippen LogP contribution in [-0.2, 0) is 12.8 Å². The first kappa shape index (κ1) is 21.7. The van der Waals surface area contributed by atoms with Gasteiger partial charge in [0.1, 0.15) is 0 Å². The van der Waals surface area contributed by atoms with Crippen LogP contribution in [0.5, 0.6) is 0 Å². The Bertz CT molecular complexity index is 758. The minimum absolute atomic E-state index is 0.978. The minimum Gasteiger partial charge on any atom is -0.0614 e. The summed E-state index contributed by atoms with van der Waals surface area (Å²) in [6, 6.07) is 18.7. The molecule has 162 valence electrons. The number of aryl methyl sites for hydroxylation is 2. The lowest BCUT2D eigenvalue weighted by atomic mass is 9.86. The lowest BCUT2D eigenvalue weighted by Crippen LogP contribution is -2.09. The van der Waals surface area contributed by atoms with E-state index in [1.807, 2.05) is 0 Å². The lowest BCUT2D eigenvalue weighted by molar-refractivity contribution is 0.332. The molecule has 0 heterocycles. The molecule has 2 atom stereocenters. The van der Waals surface area contributed by atoms with Crippen LogP contribution in [-0.4, -0.2) is 0 Å². The van der Waals surface area contributed by atoms with Crippen LogP contribution in [0.3, 0.4) is 0 Å². The smallest absolute Gasteiger partial charge is 0.0181 e. The molecule has 0 heteroatoms. The third kappa shape index (κ3) is 6.47. The van der Waals surface area contributed by atoms with Crippen molar-refractivity contribution in [2.45, 2.75) is 103 Å². The van der Waals surface area contributed by atoms with Crippen molar-refractivity contribution >= 4 is 0 Å². The van der Waals surface area contributed by atoms with Crippen LogP contribution in [0.4, 0.5) is 0 Å². The van der Waals surface area contributed by atoms with Gasteiger partial charge in [-0.2, -0.15) is 0 Å². The molecule has 0 aromatic heterocycles. The van der Waals surface area contributed by atoms with Gasteiger partial charge in [-0.25, -0.2) is 0 Å². The standard InChI is InChI=1S/C30H42/c1-2-4-6-8-13-25-14-10-19-29(23-25)30-20-11-15-26(24-30)21-22-28-18-12-17-27(28)16-9-7-5-3-1/h10-11,14-15,19-20,23-24,27-28H,1-9,12-13,16-18,21-22H2. The Balaban J connectivity index is 1.45. The van der Waals surface area contributed by atoms with E-state index in [2.05, 4.69) is 48.5 Å². The van der Waals surface area contributed by atoms with E-state index in [0.717, 1.165) is 11.8 Å². The van der Waals surface area contributed by atoms with E-state index in [0.29, 0.717) is 0 Å². The molecule has 30 heavy (non-hydrogen) atoms. The maximum absolute atomic E-state index is 2.46. The molecule has 0 amide bonds. The Hall–Kier alpha value is -1.56. The molecule has 2 aliphatic carbocycles. The van der Waals surface area contributed by atoms with Crippen LogP contribution in [0, 0.1) is 11.8 Å². The minimum atomic E-state index is 0.978. The molecule has 0 spiro atoms. The van der Waals surface area contributed by atoms with Crippen LogP contribution in [0.15, 0.2) is 48.5 Å². The van der Waals surface area contributed by atoms with Crippen LogP contribution in [0.25, 0.3) is 11.1 Å². The monoisotopic (exact) mass is 402 g/mol. The topological polar surface area (TPSA) is 0 Å². The van der Waals surface area contributed by atoms with Gasteiger partial charge in [0, 0.05) is 0 Å². The second kappa shape index (κ2) is 11.7. The van der Waals surface area contributed by atoms with Crippen molar-refractivity contribution in [3.05, 3.63) is 59.7 Å². The predicted molar refractivity (Wildman–Crippen MR) is 131 cm³/mol. The molecular weight excluding hydrogens is 360 g/mol. The zero-order chi connectivity index (χ0) is 20.4. The van der Waals surface area contributed by atoms with Gasteiger partial charge >= 0.3 is 0 Å². The largest absolute Gasteiger partial charge is 0.0614 e. The highest BCUT2D eigenvalue weighted by Gasteiger charge is 2.26. The molecule has 0 N–H and O–H groups in total. The molecule has 4 rings (SSSR count). The third-order valence-corrected chi connectivity index (χ3v) is 7.85. The van der Waals surface area contributed by atoms with Crippen LogP contribution < -0.4 is 0 Å². The van der Waals surface area contributed by atoms with Gasteiger partial charge < -0.3 is 0 Å². The summed E-state index contributed by atoms with van der Waals surface area (Å²) in [6.45, 7) is 0. The number of rotatable bonds is 0. The fraction of sp³-hybridized carbons (Fsp3) is 0.600. The van der Waals surface area contributed by atoms with E-state index in [9.17, 15) is 0 Å². The van der Waals surface area contributed by atoms with Crippen molar-refractivity contribution in [2.75, 3.05) is 0 Å². The summed E-state index contributed by atoms with van der Waals surface area (Å²) in [5, 5.41) is 0. The van der Waals surface area contributed by atoms with Crippen molar-refractivity contribution < 1.29 is 0 Å². The Morgan fingerprint density at radius 2 is 0.933 bits per heavy atom. The Labute approximate surface area is 185 Å². The maximum atomic E-state index is 2.46. The van der Waals surface area contributed by atoms with E-state index >= 15 is 0 Å². The maximum Gasteiger partial charge on any atom is -0.0181 e. The van der Waals surface area contributed by atoms with Crippen molar-refractivity contribution in [3.63, 3.8) is 0 Å². The summed E-state index contributed by atoms with van der Waals surface area (Å²) in [6.07, 6.45) is 22.8. The zero-order valence-electron chi connectivity index (χ0n) is 19.1. The molecule has 4 bridgehead atoms. The molecule has 2 aliphatic rings. The van der Waals surface area contributed by atoms with Gasteiger partial charge in [0.05, 0.1) is 0 Å². The number of fused-ring (bicyclic) bond motifs is 6. The van der Waals surface area contributed by atoms with Gasteiger partial charge in [0.2, 0.25) is 0 Å². The van der Waals surface area contributed by atoms with Crippen molar-refractivity contribution in [2.24, 2.45) is 11.8 Å². The predicted octanol–water partition coefficient (Wildman–Crippen LogP) is 9.16. The van der Waals surface area contributed by atoms with E-state index < -0.39 is 0 Å². The summed E-state index contributed by atoms with van der Waals surface area (Å²) in [5.41, 5.74) is 5.86. The van der Waals surface area contributed by atoms with Gasteiger partial charge in [-0.1, -0.05) is 126 Å². The van der Waals surface area contributed by atoms with Crippen molar-refractivity contribution in [3.8, 4) is 11.1 Å². The number of hydrogen-bond donors (Lipinski definition) is 0. The molecule has 2 unspecified atom stereocenters. The van der Waals surface area contributed by atoms with Gasteiger partial charge in [0.15, 0.2) is 0 Å². The molecule has 2 aromatic carbocycles. The Kier molecular flexibility index (Phi) is 8.47. The highest BCUT2D eigenvalue weighted by atomic mass is 14.3. The van der Waals surface area contributed by atoms with Crippen LogP contribution in [0.2, 0.25) is 0 Å². The zero-order valence-corrected chi connectivity index (χ0v) is 19.1. The van der Waals surface area contributed by atoms with Crippen molar-refractivity contribution in [1.82, 2.24) is 0 Å². The second-order valence-corrected chi connectivity index (χ2v) is 10.1. The average molecular weight is 403 g/mol. The summed E-state index contributed by atoms with van der Waals surface area (Å²) in [4.78, 5) is 0. The Morgan fingerprint density at radius 3 is 1.60 bits per heavy atom. The number of hydrogen-bond acceptors (Lipinski definition) is 0. The van der Waals surface area contributed by atoms with Gasteiger partial charge in [-0.15, -0.1) is 0 Å². The summed E-state index contributed by atoms with van der Waals surface area (Å²) in [7, 11) is 0. The van der Waals surface area contributed by atoms with E-state index in [1.165, 1.54) is 125 Å². The van der Waals surface area contributed by atoms with Crippen molar-refractivity contribution in [1.29, 1.82) is 0 Å². The Morgan fingerprint density at radius 1 is 0.433 bits per heavy atom. The first-order valence-electron chi connectivity index (χ1n) is 13.1. The SMILES string of the molecule is c1cc2cc(c1)-c1cccc(c1)CCC1CCCC1CCCCCCCCCCC2. The molecule has 1 fully saturated rings. The first-order valence-corrected chi connectivity index (χ1v) is 13.1. The van der Waals surface area contributed by atoms with E-state index in [1.54, 1.807) is 0 Å². The summed E-state index contributed by atoms with van der Waals surface area (Å²) < 4.78 is 0. The summed E-state index contributed by atoms with van der Waals surface area (Å²) >= 11 is 0. The quantitative estimate of drug-likeness (QED) is 0.412. The van der Waals surface area contributed by atoms with Gasteiger partial charge in [-0.05, 0) is 59.8 Å². The second-order valence-electron chi connectivity index (χ2n) is 10.1. The van der Waals surface area contributed by atoms with Gasteiger partial charge in [-0.3, -0.25) is 0 Å². The molecule has 0 aliphatic heterocycles. The first-order chi connectivity index (χ1) is 14.9. The normalized spacial score (nSPS) is 24.5. The van der Waals surface area contributed by atoms with Gasteiger partial charge in [0.25, 0.3) is 0 Å². The van der Waals surface area contributed by atoms with Crippen LogP contribution in [0.1, 0.15) is 101 Å². The fourth-order valence-electron chi connectivity index (χ4n) is 6.01. The molecular formula is C30H42. The molecule has 2 aromatic rings. The third-order valence-electron chi connectivity index (χ3n) is 7.85. The van der Waals surface area contributed by atoms with Crippen LogP contribution >= 0.6 is 0 Å². The molecule has 0 saturated heterocycles. The molecule has 0 radical (unpaired) electrons. The molecule has 0 nitrogen and oxygen atoms in total. The van der Waals surface area contributed by atoms with E-state index in [-0.39, 0.29) is 0 Å². The highest BCUT2D eigenvalue weighted by Crippen LogP contribution is 2.38. The van der Waals surface area contributed by atoms with E-state index in [4.69, 9.17) is 0 Å². The number of benzene rings is 2. The lowest BCUT2D eigenvalue weighted by Gasteiger charge is -2.20. The average Bonchev–Trinajstić information content (AvgIpc) is 3.23.